The minimum Gasteiger partial charge on any atom is -0.493 e. The number of halogens is 2. The maximum atomic E-state index is 12.9. The molecule has 0 radical (unpaired) electrons. The molecule has 0 unspecified atom stereocenters. The number of benzene rings is 1. The van der Waals surface area contributed by atoms with Crippen LogP contribution in [-0.2, 0) is 0 Å². The average molecular weight is 244 g/mol. The van der Waals surface area contributed by atoms with Gasteiger partial charge in [0.15, 0.2) is 11.6 Å². The smallest absolute Gasteiger partial charge is 0.162 e. The summed E-state index contributed by atoms with van der Waals surface area (Å²) in [6.07, 6.45) is 3.39. The van der Waals surface area contributed by atoms with Gasteiger partial charge in [0.25, 0.3) is 0 Å². The van der Waals surface area contributed by atoms with E-state index in [1.54, 1.807) is 0 Å². The van der Waals surface area contributed by atoms with Crippen LogP contribution in [0.1, 0.15) is 19.3 Å². The third-order valence-electron chi connectivity index (χ3n) is 3.19. The lowest BCUT2D eigenvalue weighted by Gasteiger charge is -2.40. The normalized spacial score (nSPS) is 17.9. The van der Waals surface area contributed by atoms with Crippen LogP contribution in [0.4, 0.5) is 8.78 Å². The molecule has 1 aliphatic rings. The zero-order valence-electron chi connectivity index (χ0n) is 8.88. The van der Waals surface area contributed by atoms with E-state index in [1.807, 2.05) is 0 Å². The van der Waals surface area contributed by atoms with Crippen LogP contribution in [0.15, 0.2) is 18.2 Å². The first-order chi connectivity index (χ1) is 7.65. The molecule has 1 saturated carbocycles. The molecule has 0 bridgehead atoms. The Morgan fingerprint density at radius 1 is 1.25 bits per heavy atom. The molecule has 1 aromatic rings. The minimum atomic E-state index is -0.869. The number of ether oxygens (including phenoxy) is 1. The molecule has 1 nitrogen and oxygen atoms in total. The third kappa shape index (κ3) is 2.32. The molecule has 0 aliphatic heterocycles. The van der Waals surface area contributed by atoms with E-state index >= 15 is 0 Å². The van der Waals surface area contributed by atoms with Crippen molar-refractivity contribution in [3.05, 3.63) is 29.8 Å². The second kappa shape index (κ2) is 4.62. The summed E-state index contributed by atoms with van der Waals surface area (Å²) in [6.45, 7) is 0.529. The van der Waals surface area contributed by atoms with Gasteiger partial charge in [-0.1, -0.05) is 6.42 Å². The van der Waals surface area contributed by atoms with Gasteiger partial charge in [-0.05, 0) is 30.7 Å². The zero-order chi connectivity index (χ0) is 11.6. The second-order valence-electron chi connectivity index (χ2n) is 4.38. The number of rotatable bonds is 4. The minimum absolute atomic E-state index is 0.133. The topological polar surface area (TPSA) is 9.23 Å². The van der Waals surface area contributed by atoms with Gasteiger partial charge in [-0.25, -0.2) is 8.78 Å². The molecule has 0 amide bonds. The van der Waals surface area contributed by atoms with Crippen LogP contribution >= 0.6 is 12.6 Å². The molecular weight excluding hydrogens is 230 g/mol. The number of hydrogen-bond acceptors (Lipinski definition) is 2. The van der Waals surface area contributed by atoms with Gasteiger partial charge in [0.2, 0.25) is 0 Å². The van der Waals surface area contributed by atoms with E-state index in [-0.39, 0.29) is 5.41 Å². The number of thiol groups is 1. The lowest BCUT2D eigenvalue weighted by molar-refractivity contribution is 0.0827. The highest BCUT2D eigenvalue weighted by Crippen LogP contribution is 2.42. The molecule has 0 saturated heterocycles. The molecule has 1 fully saturated rings. The van der Waals surface area contributed by atoms with Gasteiger partial charge in [0.1, 0.15) is 5.75 Å². The van der Waals surface area contributed by atoms with Crippen molar-refractivity contribution in [1.29, 1.82) is 0 Å². The van der Waals surface area contributed by atoms with Crippen LogP contribution in [0, 0.1) is 17.0 Å². The van der Waals surface area contributed by atoms with Gasteiger partial charge in [-0.2, -0.15) is 12.6 Å². The monoisotopic (exact) mass is 244 g/mol. The Balaban J connectivity index is 1.96. The zero-order valence-corrected chi connectivity index (χ0v) is 9.77. The van der Waals surface area contributed by atoms with Gasteiger partial charge < -0.3 is 4.74 Å². The molecule has 0 heterocycles. The van der Waals surface area contributed by atoms with Crippen molar-refractivity contribution in [3.8, 4) is 5.75 Å². The molecular formula is C12H14F2OS. The van der Waals surface area contributed by atoms with Crippen molar-refractivity contribution >= 4 is 12.6 Å². The Hall–Kier alpha value is -0.770. The van der Waals surface area contributed by atoms with E-state index < -0.39 is 11.6 Å². The number of hydrogen-bond donors (Lipinski definition) is 1. The summed E-state index contributed by atoms with van der Waals surface area (Å²) in [4.78, 5) is 0. The molecule has 0 aromatic heterocycles. The highest BCUT2D eigenvalue weighted by Gasteiger charge is 2.36. The molecule has 0 N–H and O–H groups in total. The highest BCUT2D eigenvalue weighted by molar-refractivity contribution is 7.80. The first kappa shape index (κ1) is 11.7. The Morgan fingerprint density at radius 3 is 2.50 bits per heavy atom. The van der Waals surface area contributed by atoms with Gasteiger partial charge >= 0.3 is 0 Å². The molecule has 1 aliphatic carbocycles. The van der Waals surface area contributed by atoms with Crippen molar-refractivity contribution < 1.29 is 13.5 Å². The quantitative estimate of drug-likeness (QED) is 0.798. The Kier molecular flexibility index (Phi) is 3.38. The van der Waals surface area contributed by atoms with E-state index in [9.17, 15) is 8.78 Å². The van der Waals surface area contributed by atoms with Crippen LogP contribution in [0.5, 0.6) is 5.75 Å². The van der Waals surface area contributed by atoms with Gasteiger partial charge in [0.05, 0.1) is 6.61 Å². The van der Waals surface area contributed by atoms with Crippen molar-refractivity contribution in [1.82, 2.24) is 0 Å². The summed E-state index contributed by atoms with van der Waals surface area (Å²) >= 11 is 4.30. The maximum absolute atomic E-state index is 12.9. The third-order valence-corrected chi connectivity index (χ3v) is 3.86. The highest BCUT2D eigenvalue weighted by atomic mass is 32.1. The lowest BCUT2D eigenvalue weighted by Crippen LogP contribution is -2.37. The van der Waals surface area contributed by atoms with Gasteiger partial charge in [-0.15, -0.1) is 0 Å². The van der Waals surface area contributed by atoms with E-state index in [0.29, 0.717) is 12.4 Å². The maximum Gasteiger partial charge on any atom is 0.162 e. The lowest BCUT2D eigenvalue weighted by atomic mass is 9.71. The average Bonchev–Trinajstić information content (AvgIpc) is 2.22. The standard InChI is InChI=1S/C12H14F2OS/c13-10-3-2-9(6-11(10)14)15-7-12(8-16)4-1-5-12/h2-3,6,16H,1,4-5,7-8H2. The summed E-state index contributed by atoms with van der Waals surface area (Å²) in [5.41, 5.74) is 0.133. The van der Waals surface area contributed by atoms with E-state index in [1.165, 1.54) is 12.5 Å². The first-order valence-corrected chi connectivity index (χ1v) is 5.97. The van der Waals surface area contributed by atoms with E-state index in [0.717, 1.165) is 30.7 Å². The van der Waals surface area contributed by atoms with Crippen LogP contribution in [0.2, 0.25) is 0 Å². The largest absolute Gasteiger partial charge is 0.493 e. The first-order valence-electron chi connectivity index (χ1n) is 5.34. The van der Waals surface area contributed by atoms with Crippen molar-refractivity contribution in [2.75, 3.05) is 12.4 Å². The summed E-state index contributed by atoms with van der Waals surface area (Å²) < 4.78 is 31.1. The Labute approximate surface area is 99.2 Å². The van der Waals surface area contributed by atoms with Crippen molar-refractivity contribution in [2.24, 2.45) is 5.41 Å². The van der Waals surface area contributed by atoms with Crippen LogP contribution in [0.3, 0.4) is 0 Å². The summed E-state index contributed by atoms with van der Waals surface area (Å²) in [5.74, 6) is -0.561. The van der Waals surface area contributed by atoms with Gasteiger partial charge in [-0.3, -0.25) is 0 Å². The second-order valence-corrected chi connectivity index (χ2v) is 4.69. The predicted octanol–water partition coefficient (Wildman–Crippen LogP) is 3.44. The fourth-order valence-electron chi connectivity index (χ4n) is 1.83. The molecule has 4 heteroatoms. The Bertz CT molecular complexity index is 372. The van der Waals surface area contributed by atoms with E-state index in [4.69, 9.17) is 4.74 Å². The van der Waals surface area contributed by atoms with Crippen molar-refractivity contribution in [2.45, 2.75) is 19.3 Å². The molecule has 88 valence electrons. The molecule has 1 aromatic carbocycles. The predicted molar refractivity (Wildman–Crippen MR) is 62.0 cm³/mol. The van der Waals surface area contributed by atoms with Crippen LogP contribution in [-0.4, -0.2) is 12.4 Å². The van der Waals surface area contributed by atoms with Crippen molar-refractivity contribution in [3.63, 3.8) is 0 Å². The molecule has 2 rings (SSSR count). The summed E-state index contributed by atoms with van der Waals surface area (Å²) in [5, 5.41) is 0. The Morgan fingerprint density at radius 2 is 2.00 bits per heavy atom. The molecule has 16 heavy (non-hydrogen) atoms. The fraction of sp³-hybridized carbons (Fsp3) is 0.500. The molecule has 0 spiro atoms. The SMILES string of the molecule is Fc1ccc(OCC2(CS)CCC2)cc1F. The summed E-state index contributed by atoms with van der Waals surface area (Å²) in [7, 11) is 0. The molecule has 0 atom stereocenters. The summed E-state index contributed by atoms with van der Waals surface area (Å²) in [6, 6.07) is 3.61. The van der Waals surface area contributed by atoms with Crippen LogP contribution < -0.4 is 4.74 Å². The fourth-order valence-corrected chi connectivity index (χ4v) is 2.24. The van der Waals surface area contributed by atoms with Crippen LogP contribution in [0.25, 0.3) is 0 Å². The van der Waals surface area contributed by atoms with E-state index in [2.05, 4.69) is 12.6 Å². The van der Waals surface area contributed by atoms with Gasteiger partial charge in [0, 0.05) is 11.5 Å².